The summed E-state index contributed by atoms with van der Waals surface area (Å²) in [7, 11) is 1.95. The van der Waals surface area contributed by atoms with E-state index in [-0.39, 0.29) is 18.4 Å². The van der Waals surface area contributed by atoms with Crippen LogP contribution < -0.4 is 5.32 Å². The molecule has 2 aliphatic rings. The number of likely N-dealkylation sites (N-methyl/N-ethyl adjacent to an activating group) is 1. The van der Waals surface area contributed by atoms with Crippen molar-refractivity contribution >= 4 is 35.2 Å². The highest BCUT2D eigenvalue weighted by molar-refractivity contribution is 7.99. The standard InChI is InChI=1S/C32H59ClN2O6S/c1-6-8-9-10-11-12-13-14-15-16-17-19-25(36)40-30-28(38)27(37)29(41-32(30)42-5)26(22(3)33)34-31(39)24-20-23(18-7-2)21-35(24)4/h22-24,26-30,32,37-38H,6-21H2,1-5H3,(H,34,39)/t22?,23?,24-,26?,27-,28?,29?,30?,32-/m1/s1. The van der Waals surface area contributed by atoms with Crippen molar-refractivity contribution in [3.05, 3.63) is 0 Å². The molecule has 9 atom stereocenters. The first-order valence-corrected chi connectivity index (χ1v) is 18.2. The number of rotatable bonds is 20. The van der Waals surface area contributed by atoms with Gasteiger partial charge in [-0.3, -0.25) is 14.5 Å². The molecule has 2 saturated heterocycles. The number of nitrogens with one attached hydrogen (secondary N) is 1. The number of amides is 1. The van der Waals surface area contributed by atoms with Crippen LogP contribution in [-0.2, 0) is 19.1 Å². The van der Waals surface area contributed by atoms with Crippen LogP contribution in [0.3, 0.4) is 0 Å². The van der Waals surface area contributed by atoms with Gasteiger partial charge in [-0.2, -0.15) is 0 Å². The maximum Gasteiger partial charge on any atom is 0.306 e. The number of alkyl halides is 1. The van der Waals surface area contributed by atoms with Gasteiger partial charge in [-0.25, -0.2) is 0 Å². The summed E-state index contributed by atoms with van der Waals surface area (Å²) in [5, 5.41) is 24.6. The summed E-state index contributed by atoms with van der Waals surface area (Å²) in [4.78, 5) is 28.0. The minimum Gasteiger partial charge on any atom is -0.456 e. The van der Waals surface area contributed by atoms with Crippen LogP contribution in [0.1, 0.15) is 117 Å². The van der Waals surface area contributed by atoms with E-state index in [1.165, 1.54) is 63.1 Å². The van der Waals surface area contributed by atoms with Crippen molar-refractivity contribution in [2.24, 2.45) is 5.92 Å². The number of thioether (sulfide) groups is 1. The normalized spacial score (nSPS) is 29.8. The SMILES string of the molecule is CCCCCCCCCCCCCC(=O)OC1C(O)[C@@H](O)C(C(NC(=O)[C@H]2CC(CCC)CN2C)C(C)Cl)O[C@@H]1SC. The van der Waals surface area contributed by atoms with Crippen LogP contribution in [0.25, 0.3) is 0 Å². The average Bonchev–Trinajstić information content (AvgIpc) is 3.33. The Hall–Kier alpha value is -0.580. The number of likely N-dealkylation sites (tertiary alicyclic amines) is 1. The van der Waals surface area contributed by atoms with Crippen LogP contribution in [0.2, 0.25) is 0 Å². The molecule has 0 aromatic carbocycles. The Balaban J connectivity index is 1.83. The summed E-state index contributed by atoms with van der Waals surface area (Å²) in [6, 6.07) is -1.00. The molecule has 1 amide bonds. The summed E-state index contributed by atoms with van der Waals surface area (Å²) < 4.78 is 11.8. The molecule has 0 radical (unpaired) electrons. The fourth-order valence-electron chi connectivity index (χ4n) is 6.37. The number of aliphatic hydroxyl groups is 2. The molecule has 8 nitrogen and oxygen atoms in total. The van der Waals surface area contributed by atoms with E-state index in [9.17, 15) is 19.8 Å². The van der Waals surface area contributed by atoms with Crippen molar-refractivity contribution in [2.75, 3.05) is 19.8 Å². The summed E-state index contributed by atoms with van der Waals surface area (Å²) in [5.41, 5.74) is -0.701. The first-order chi connectivity index (χ1) is 20.1. The third-order valence-electron chi connectivity index (χ3n) is 8.86. The lowest BCUT2D eigenvalue weighted by atomic mass is 9.92. The molecule has 2 rings (SSSR count). The van der Waals surface area contributed by atoms with E-state index >= 15 is 0 Å². The van der Waals surface area contributed by atoms with E-state index in [2.05, 4.69) is 24.1 Å². The molecule has 2 heterocycles. The first-order valence-electron chi connectivity index (χ1n) is 16.5. The fourth-order valence-corrected chi connectivity index (χ4v) is 7.30. The predicted molar refractivity (Wildman–Crippen MR) is 172 cm³/mol. The van der Waals surface area contributed by atoms with Crippen molar-refractivity contribution in [1.29, 1.82) is 0 Å². The monoisotopic (exact) mass is 634 g/mol. The second-order valence-corrected chi connectivity index (χ2v) is 14.1. The number of hydrogen-bond acceptors (Lipinski definition) is 8. The number of hydrogen-bond donors (Lipinski definition) is 3. The van der Waals surface area contributed by atoms with Crippen molar-refractivity contribution in [3.63, 3.8) is 0 Å². The van der Waals surface area contributed by atoms with Gasteiger partial charge in [-0.15, -0.1) is 23.4 Å². The van der Waals surface area contributed by atoms with Gasteiger partial charge < -0.3 is 25.0 Å². The molecule has 246 valence electrons. The lowest BCUT2D eigenvalue weighted by Gasteiger charge is -2.45. The van der Waals surface area contributed by atoms with Crippen LogP contribution >= 0.6 is 23.4 Å². The van der Waals surface area contributed by atoms with Crippen LogP contribution in [0, 0.1) is 5.92 Å². The van der Waals surface area contributed by atoms with E-state index in [0.29, 0.717) is 5.92 Å². The number of nitrogens with zero attached hydrogens (tertiary/aromatic N) is 1. The van der Waals surface area contributed by atoms with E-state index < -0.39 is 47.2 Å². The van der Waals surface area contributed by atoms with Crippen LogP contribution in [0.4, 0.5) is 0 Å². The highest BCUT2D eigenvalue weighted by atomic mass is 35.5. The third kappa shape index (κ3) is 12.1. The van der Waals surface area contributed by atoms with Crippen molar-refractivity contribution in [1.82, 2.24) is 10.2 Å². The van der Waals surface area contributed by atoms with Crippen molar-refractivity contribution < 1.29 is 29.3 Å². The number of ether oxygens (including phenoxy) is 2. The zero-order chi connectivity index (χ0) is 31.1. The number of esters is 1. The molecule has 0 bridgehead atoms. The summed E-state index contributed by atoms with van der Waals surface area (Å²) >= 11 is 7.81. The molecule has 6 unspecified atom stereocenters. The second-order valence-electron chi connectivity index (χ2n) is 12.5. The zero-order valence-electron chi connectivity index (χ0n) is 26.8. The molecule has 2 fully saturated rings. The Morgan fingerprint density at radius 3 is 2.14 bits per heavy atom. The lowest BCUT2D eigenvalue weighted by molar-refractivity contribution is -0.218. The van der Waals surface area contributed by atoms with Gasteiger partial charge in [-0.05, 0) is 45.4 Å². The van der Waals surface area contributed by atoms with Crippen LogP contribution in [0.5, 0.6) is 0 Å². The Bertz CT molecular complexity index is 775. The van der Waals surface area contributed by atoms with Crippen LogP contribution in [0.15, 0.2) is 0 Å². The molecule has 0 aromatic heterocycles. The molecule has 0 aromatic rings. The van der Waals surface area contributed by atoms with Crippen LogP contribution in [-0.4, -0.2) is 94.2 Å². The highest BCUT2D eigenvalue weighted by Gasteiger charge is 2.50. The maximum absolute atomic E-state index is 13.3. The van der Waals surface area contributed by atoms with E-state index in [1.54, 1.807) is 13.2 Å². The number of halogens is 1. The summed E-state index contributed by atoms with van der Waals surface area (Å²) in [5.74, 6) is -0.0766. The third-order valence-corrected chi connectivity index (χ3v) is 9.97. The van der Waals surface area contributed by atoms with Gasteiger partial charge in [0.1, 0.15) is 23.7 Å². The molecular formula is C32H59ClN2O6S. The molecular weight excluding hydrogens is 576 g/mol. The average molecular weight is 635 g/mol. The molecule has 0 saturated carbocycles. The molecule has 3 N–H and O–H groups in total. The van der Waals surface area contributed by atoms with Gasteiger partial charge in [0, 0.05) is 13.0 Å². The minimum absolute atomic E-state index is 0.153. The lowest BCUT2D eigenvalue weighted by Crippen LogP contribution is -2.65. The largest absolute Gasteiger partial charge is 0.456 e. The zero-order valence-corrected chi connectivity index (χ0v) is 28.3. The Morgan fingerprint density at radius 2 is 1.60 bits per heavy atom. The van der Waals surface area contributed by atoms with E-state index in [0.717, 1.165) is 45.1 Å². The topological polar surface area (TPSA) is 108 Å². The van der Waals surface area contributed by atoms with Crippen molar-refractivity contribution in [2.45, 2.75) is 164 Å². The molecule has 0 aliphatic carbocycles. The molecule has 2 aliphatic heterocycles. The second kappa shape index (κ2) is 20.5. The number of aliphatic hydroxyl groups excluding tert-OH is 2. The van der Waals surface area contributed by atoms with Crippen molar-refractivity contribution in [3.8, 4) is 0 Å². The predicted octanol–water partition coefficient (Wildman–Crippen LogP) is 5.64. The van der Waals surface area contributed by atoms with E-state index in [4.69, 9.17) is 21.1 Å². The highest BCUT2D eigenvalue weighted by Crippen LogP contribution is 2.33. The molecule has 10 heteroatoms. The number of unbranched alkanes of at least 4 members (excludes halogenated alkanes) is 10. The Labute approximate surface area is 264 Å². The van der Waals surface area contributed by atoms with Gasteiger partial charge >= 0.3 is 5.97 Å². The molecule has 42 heavy (non-hydrogen) atoms. The molecule has 0 spiro atoms. The fraction of sp³-hybridized carbons (Fsp3) is 0.938. The number of carbonyl (C=O) groups is 2. The first kappa shape index (κ1) is 37.6. The summed E-state index contributed by atoms with van der Waals surface area (Å²) in [6.07, 6.45) is 13.4. The maximum atomic E-state index is 13.3. The van der Waals surface area contributed by atoms with Gasteiger partial charge in [0.05, 0.1) is 17.5 Å². The Morgan fingerprint density at radius 1 is 1.00 bits per heavy atom. The quantitative estimate of drug-likeness (QED) is 0.0897. The van der Waals surface area contributed by atoms with Gasteiger partial charge in [0.2, 0.25) is 5.91 Å². The van der Waals surface area contributed by atoms with Gasteiger partial charge in [0.25, 0.3) is 0 Å². The number of carbonyl (C=O) groups excluding carboxylic acids is 2. The smallest absolute Gasteiger partial charge is 0.306 e. The van der Waals surface area contributed by atoms with Gasteiger partial charge in [-0.1, -0.05) is 84.5 Å². The van der Waals surface area contributed by atoms with E-state index in [1.807, 2.05) is 7.05 Å². The van der Waals surface area contributed by atoms with Gasteiger partial charge in [0.15, 0.2) is 6.10 Å². The Kier molecular flexibility index (Phi) is 18.3. The summed E-state index contributed by atoms with van der Waals surface area (Å²) in [6.45, 7) is 6.99. The minimum atomic E-state index is -1.38.